The highest BCUT2D eigenvalue weighted by atomic mass is 32.1. The van der Waals surface area contributed by atoms with E-state index in [1.165, 1.54) is 10.4 Å². The molecule has 1 fully saturated rings. The molecule has 4 heterocycles. The highest BCUT2D eigenvalue weighted by Gasteiger charge is 2.28. The summed E-state index contributed by atoms with van der Waals surface area (Å²) in [4.78, 5) is 34.4. The molecule has 0 unspecified atom stereocenters. The predicted octanol–water partition coefficient (Wildman–Crippen LogP) is 2.78. The lowest BCUT2D eigenvalue weighted by Crippen LogP contribution is -2.41. The van der Waals surface area contributed by atoms with Crippen LogP contribution in [0.25, 0.3) is 10.2 Å². The zero-order valence-corrected chi connectivity index (χ0v) is 16.7. The number of amides is 1. The third kappa shape index (κ3) is 2.87. The number of aryl methyl sites for hydroxylation is 1. The van der Waals surface area contributed by atoms with Crippen molar-refractivity contribution in [2.75, 3.05) is 13.1 Å². The number of aromatic amines is 1. The standard InChI is InChI=1S/C20H23N5O2S/c1-12-2-3-14-16(10-12)28-18-17(14)20(27)25(11-21-18)13-5-8-24(9-6-13)19(26)15-4-7-22-23-15/h4,7,11-13H,2-3,5-6,8-10H2,1H3,(H,22,23)/t12-/m0/s1. The van der Waals surface area contributed by atoms with Gasteiger partial charge in [-0.2, -0.15) is 5.10 Å². The van der Waals surface area contributed by atoms with Crippen LogP contribution in [-0.4, -0.2) is 43.6 Å². The van der Waals surface area contributed by atoms with Crippen molar-refractivity contribution in [1.29, 1.82) is 0 Å². The van der Waals surface area contributed by atoms with Gasteiger partial charge in [-0.05, 0) is 49.7 Å². The molecule has 0 spiro atoms. The summed E-state index contributed by atoms with van der Waals surface area (Å²) in [6.07, 6.45) is 8.00. The average Bonchev–Trinajstić information content (AvgIpc) is 3.35. The van der Waals surface area contributed by atoms with Crippen molar-refractivity contribution in [3.8, 4) is 0 Å². The number of carbonyl (C=O) groups excluding carboxylic acids is 1. The fourth-order valence-electron chi connectivity index (χ4n) is 4.50. The summed E-state index contributed by atoms with van der Waals surface area (Å²) in [7, 11) is 0. The third-order valence-corrected chi connectivity index (χ3v) is 7.28. The SMILES string of the molecule is C[C@H]1CCc2c(sc3ncn(C4CCN(C(=O)c5ccn[nH]5)CC4)c(=O)c23)C1. The molecule has 28 heavy (non-hydrogen) atoms. The number of nitrogens with one attached hydrogen (secondary N) is 1. The fraction of sp³-hybridized carbons (Fsp3) is 0.500. The van der Waals surface area contributed by atoms with Gasteiger partial charge in [-0.15, -0.1) is 11.3 Å². The Morgan fingerprint density at radius 1 is 1.29 bits per heavy atom. The lowest BCUT2D eigenvalue weighted by atomic mass is 9.89. The van der Waals surface area contributed by atoms with Crippen LogP contribution in [0.3, 0.4) is 0 Å². The highest BCUT2D eigenvalue weighted by Crippen LogP contribution is 2.36. The zero-order chi connectivity index (χ0) is 19.3. The maximum absolute atomic E-state index is 13.3. The first-order valence-corrected chi connectivity index (χ1v) is 10.7. The topological polar surface area (TPSA) is 83.9 Å². The van der Waals surface area contributed by atoms with Crippen molar-refractivity contribution in [2.45, 2.75) is 45.1 Å². The molecular formula is C20H23N5O2S. The molecule has 1 amide bonds. The van der Waals surface area contributed by atoms with Crippen molar-refractivity contribution in [2.24, 2.45) is 5.92 Å². The first kappa shape index (κ1) is 17.6. The molecule has 3 aromatic rings. The second-order valence-electron chi connectivity index (χ2n) is 7.98. The first-order chi connectivity index (χ1) is 13.6. The Labute approximate surface area is 166 Å². The van der Waals surface area contributed by atoms with Gasteiger partial charge in [-0.1, -0.05) is 6.92 Å². The highest BCUT2D eigenvalue weighted by molar-refractivity contribution is 7.18. The van der Waals surface area contributed by atoms with Crippen molar-refractivity contribution in [3.05, 3.63) is 45.1 Å². The summed E-state index contributed by atoms with van der Waals surface area (Å²) >= 11 is 1.69. The largest absolute Gasteiger partial charge is 0.337 e. The Kier molecular flexibility index (Phi) is 4.30. The molecule has 146 valence electrons. The summed E-state index contributed by atoms with van der Waals surface area (Å²) in [5, 5.41) is 7.42. The molecule has 3 aromatic heterocycles. The Bertz CT molecular complexity index is 1080. The van der Waals surface area contributed by atoms with Crippen molar-refractivity contribution in [3.63, 3.8) is 0 Å². The maximum atomic E-state index is 13.3. The number of hydrogen-bond acceptors (Lipinski definition) is 5. The van der Waals surface area contributed by atoms with E-state index >= 15 is 0 Å². The van der Waals surface area contributed by atoms with Crippen LogP contribution in [0, 0.1) is 5.92 Å². The van der Waals surface area contributed by atoms with E-state index < -0.39 is 0 Å². The number of thiophene rings is 1. The van der Waals surface area contributed by atoms with E-state index in [4.69, 9.17) is 0 Å². The summed E-state index contributed by atoms with van der Waals surface area (Å²) < 4.78 is 1.81. The van der Waals surface area contributed by atoms with Crippen LogP contribution < -0.4 is 5.56 Å². The number of likely N-dealkylation sites (tertiary alicyclic amines) is 1. The van der Waals surface area contributed by atoms with Crippen molar-refractivity contribution in [1.82, 2.24) is 24.6 Å². The molecule has 0 saturated carbocycles. The number of nitrogens with zero attached hydrogens (tertiary/aromatic N) is 4. The number of carbonyl (C=O) groups is 1. The average molecular weight is 398 g/mol. The fourth-order valence-corrected chi connectivity index (χ4v) is 5.84. The molecule has 1 aliphatic heterocycles. The van der Waals surface area contributed by atoms with Crippen LogP contribution in [0.1, 0.15) is 53.2 Å². The zero-order valence-electron chi connectivity index (χ0n) is 15.9. The Hall–Kier alpha value is -2.48. The van der Waals surface area contributed by atoms with Gasteiger partial charge in [-0.25, -0.2) is 4.98 Å². The molecule has 0 aromatic carbocycles. The number of piperidine rings is 1. The van der Waals surface area contributed by atoms with Crippen molar-refractivity contribution >= 4 is 27.5 Å². The summed E-state index contributed by atoms with van der Waals surface area (Å²) in [6.45, 7) is 3.54. The molecule has 2 aliphatic rings. The predicted molar refractivity (Wildman–Crippen MR) is 108 cm³/mol. The second-order valence-corrected chi connectivity index (χ2v) is 9.07. The van der Waals surface area contributed by atoms with Gasteiger partial charge in [0.2, 0.25) is 0 Å². The second kappa shape index (κ2) is 6.84. The van der Waals surface area contributed by atoms with Crippen LogP contribution >= 0.6 is 11.3 Å². The molecule has 8 heteroatoms. The van der Waals surface area contributed by atoms with E-state index in [2.05, 4.69) is 22.1 Å². The van der Waals surface area contributed by atoms with E-state index in [1.807, 2.05) is 9.47 Å². The molecule has 0 radical (unpaired) electrons. The van der Waals surface area contributed by atoms with Gasteiger partial charge in [0.15, 0.2) is 0 Å². The number of H-pyrrole nitrogens is 1. The van der Waals surface area contributed by atoms with Crippen molar-refractivity contribution < 1.29 is 4.79 Å². The van der Waals surface area contributed by atoms with Crippen LogP contribution in [0.15, 0.2) is 23.4 Å². The number of rotatable bonds is 2. The van der Waals surface area contributed by atoms with E-state index in [1.54, 1.807) is 29.9 Å². The molecule has 1 N–H and O–H groups in total. The first-order valence-electron chi connectivity index (χ1n) is 9.92. The summed E-state index contributed by atoms with van der Waals surface area (Å²) in [5.74, 6) is 0.650. The van der Waals surface area contributed by atoms with Crippen LogP contribution in [-0.2, 0) is 12.8 Å². The summed E-state index contributed by atoms with van der Waals surface area (Å²) in [5.41, 5.74) is 1.84. The molecule has 7 nitrogen and oxygen atoms in total. The summed E-state index contributed by atoms with van der Waals surface area (Å²) in [6, 6.07) is 1.78. The molecule has 5 rings (SSSR count). The van der Waals surface area contributed by atoms with Crippen LogP contribution in [0.2, 0.25) is 0 Å². The monoisotopic (exact) mass is 397 g/mol. The molecular weight excluding hydrogens is 374 g/mol. The van der Waals surface area contributed by atoms with Gasteiger partial charge in [-0.3, -0.25) is 19.3 Å². The Balaban J connectivity index is 1.39. The molecule has 1 saturated heterocycles. The minimum absolute atomic E-state index is 0.0297. The van der Waals surface area contributed by atoms with Gasteiger partial charge in [0.05, 0.1) is 11.7 Å². The minimum Gasteiger partial charge on any atom is -0.337 e. The Morgan fingerprint density at radius 2 is 2.11 bits per heavy atom. The number of fused-ring (bicyclic) bond motifs is 3. The van der Waals surface area contributed by atoms with Gasteiger partial charge in [0.25, 0.3) is 11.5 Å². The van der Waals surface area contributed by atoms with E-state index in [9.17, 15) is 9.59 Å². The molecule has 1 aliphatic carbocycles. The van der Waals surface area contributed by atoms with Gasteiger partial charge in [0.1, 0.15) is 10.5 Å². The number of hydrogen-bond donors (Lipinski definition) is 1. The molecule has 1 atom stereocenters. The van der Waals surface area contributed by atoms with Crippen LogP contribution in [0.4, 0.5) is 0 Å². The van der Waals surface area contributed by atoms with Gasteiger partial charge in [0, 0.05) is 30.2 Å². The minimum atomic E-state index is -0.0297. The quantitative estimate of drug-likeness (QED) is 0.721. The lowest BCUT2D eigenvalue weighted by Gasteiger charge is -2.32. The van der Waals surface area contributed by atoms with E-state index in [0.29, 0.717) is 24.7 Å². The van der Waals surface area contributed by atoms with Gasteiger partial charge >= 0.3 is 0 Å². The van der Waals surface area contributed by atoms with E-state index in [0.717, 1.165) is 42.3 Å². The maximum Gasteiger partial charge on any atom is 0.271 e. The normalized spacial score (nSPS) is 20.5. The Morgan fingerprint density at radius 3 is 2.86 bits per heavy atom. The van der Waals surface area contributed by atoms with E-state index in [-0.39, 0.29) is 17.5 Å². The third-order valence-electron chi connectivity index (χ3n) is 6.12. The van der Waals surface area contributed by atoms with Gasteiger partial charge < -0.3 is 4.90 Å². The van der Waals surface area contributed by atoms with Crippen LogP contribution in [0.5, 0.6) is 0 Å². The number of aromatic nitrogens is 4. The lowest BCUT2D eigenvalue weighted by molar-refractivity contribution is 0.0687. The molecule has 0 bridgehead atoms. The smallest absolute Gasteiger partial charge is 0.271 e.